The monoisotopic (exact) mass is 143 g/mol. The minimum absolute atomic E-state index is 0.486. The van der Waals surface area contributed by atoms with Crippen molar-refractivity contribution in [2.24, 2.45) is 0 Å². The summed E-state index contributed by atoms with van der Waals surface area (Å²) in [6.07, 6.45) is 4.00. The number of rotatable bonds is 1. The molecule has 0 aromatic carbocycles. The molecule has 1 aliphatic heterocycles. The zero-order valence-electron chi connectivity index (χ0n) is 7.83. The fourth-order valence-corrected chi connectivity index (χ4v) is 1.26. The largest absolute Gasteiger partial charge is 0.312 e. The average molecular weight is 143 g/mol. The third-order valence-corrected chi connectivity index (χ3v) is 2.24. The van der Waals surface area contributed by atoms with Crippen LogP contribution in [-0.4, -0.2) is 12.1 Å². The molecule has 1 fully saturated rings. The Morgan fingerprint density at radius 1 is 1.40 bits per heavy atom. The van der Waals surface area contributed by atoms with Crippen LogP contribution in [0.1, 0.15) is 47.0 Å². The molecule has 1 aliphatic rings. The van der Waals surface area contributed by atoms with Crippen LogP contribution in [0, 0.1) is 0 Å². The predicted octanol–water partition coefficient (Wildman–Crippen LogP) is 2.56. The minimum Gasteiger partial charge on any atom is -0.312 e. The second-order valence-electron chi connectivity index (χ2n) is 2.94. The SMILES string of the molecule is CC.CCC1(C)CCCN1. The fourth-order valence-electron chi connectivity index (χ4n) is 1.26. The molecule has 10 heavy (non-hydrogen) atoms. The lowest BCUT2D eigenvalue weighted by atomic mass is 9.98. The molecular formula is C9H21N. The fraction of sp³-hybridized carbons (Fsp3) is 1.00. The van der Waals surface area contributed by atoms with Gasteiger partial charge in [-0.3, -0.25) is 0 Å². The van der Waals surface area contributed by atoms with Crippen molar-refractivity contribution in [3.63, 3.8) is 0 Å². The summed E-state index contributed by atoms with van der Waals surface area (Å²) in [5.74, 6) is 0. The van der Waals surface area contributed by atoms with Gasteiger partial charge >= 0.3 is 0 Å². The van der Waals surface area contributed by atoms with E-state index in [0.717, 1.165) is 0 Å². The molecule has 1 N–H and O–H groups in total. The van der Waals surface area contributed by atoms with Crippen molar-refractivity contribution < 1.29 is 0 Å². The van der Waals surface area contributed by atoms with Crippen molar-refractivity contribution >= 4 is 0 Å². The van der Waals surface area contributed by atoms with Gasteiger partial charge in [-0.1, -0.05) is 20.8 Å². The first-order valence-corrected chi connectivity index (χ1v) is 4.52. The maximum atomic E-state index is 3.48. The van der Waals surface area contributed by atoms with Gasteiger partial charge in [-0.05, 0) is 32.7 Å². The van der Waals surface area contributed by atoms with Gasteiger partial charge in [-0.25, -0.2) is 0 Å². The average Bonchev–Trinajstić information content (AvgIpc) is 2.42. The second-order valence-corrected chi connectivity index (χ2v) is 2.94. The molecule has 1 heteroatoms. The van der Waals surface area contributed by atoms with Crippen LogP contribution in [0.15, 0.2) is 0 Å². The molecule has 0 aliphatic carbocycles. The third-order valence-electron chi connectivity index (χ3n) is 2.24. The van der Waals surface area contributed by atoms with Gasteiger partial charge in [0.25, 0.3) is 0 Å². The van der Waals surface area contributed by atoms with E-state index in [0.29, 0.717) is 5.54 Å². The Morgan fingerprint density at radius 2 is 2.00 bits per heavy atom. The molecule has 1 heterocycles. The highest BCUT2D eigenvalue weighted by Crippen LogP contribution is 2.20. The van der Waals surface area contributed by atoms with Crippen molar-refractivity contribution in [2.75, 3.05) is 6.54 Å². The van der Waals surface area contributed by atoms with Crippen LogP contribution in [0.2, 0.25) is 0 Å². The van der Waals surface area contributed by atoms with E-state index >= 15 is 0 Å². The molecule has 0 bridgehead atoms. The summed E-state index contributed by atoms with van der Waals surface area (Å²) in [6.45, 7) is 9.78. The van der Waals surface area contributed by atoms with Crippen LogP contribution in [0.3, 0.4) is 0 Å². The summed E-state index contributed by atoms with van der Waals surface area (Å²) in [7, 11) is 0. The zero-order valence-corrected chi connectivity index (χ0v) is 7.83. The van der Waals surface area contributed by atoms with Gasteiger partial charge in [0.1, 0.15) is 0 Å². The molecule has 0 amide bonds. The van der Waals surface area contributed by atoms with Crippen molar-refractivity contribution in [1.29, 1.82) is 0 Å². The van der Waals surface area contributed by atoms with Crippen LogP contribution >= 0.6 is 0 Å². The van der Waals surface area contributed by atoms with Gasteiger partial charge in [-0.15, -0.1) is 0 Å². The Hall–Kier alpha value is -0.0400. The molecule has 1 rings (SSSR count). The lowest BCUT2D eigenvalue weighted by Gasteiger charge is -2.21. The highest BCUT2D eigenvalue weighted by atomic mass is 15.0. The van der Waals surface area contributed by atoms with Crippen LogP contribution in [0.5, 0.6) is 0 Å². The quantitative estimate of drug-likeness (QED) is 0.595. The molecule has 1 nitrogen and oxygen atoms in total. The van der Waals surface area contributed by atoms with Crippen molar-refractivity contribution in [3.05, 3.63) is 0 Å². The second kappa shape index (κ2) is 4.73. The molecule has 0 radical (unpaired) electrons. The van der Waals surface area contributed by atoms with Gasteiger partial charge in [0.05, 0.1) is 0 Å². The van der Waals surface area contributed by atoms with Crippen LogP contribution in [-0.2, 0) is 0 Å². The van der Waals surface area contributed by atoms with Gasteiger partial charge in [0.2, 0.25) is 0 Å². The summed E-state index contributed by atoms with van der Waals surface area (Å²) in [5.41, 5.74) is 0.486. The lowest BCUT2D eigenvalue weighted by molar-refractivity contribution is 0.401. The van der Waals surface area contributed by atoms with Gasteiger partial charge in [0.15, 0.2) is 0 Å². The highest BCUT2D eigenvalue weighted by Gasteiger charge is 2.24. The normalized spacial score (nSPS) is 31.2. The molecule has 1 unspecified atom stereocenters. The van der Waals surface area contributed by atoms with E-state index in [2.05, 4.69) is 19.2 Å². The maximum Gasteiger partial charge on any atom is 0.0151 e. The van der Waals surface area contributed by atoms with Gasteiger partial charge in [-0.2, -0.15) is 0 Å². The van der Waals surface area contributed by atoms with E-state index in [4.69, 9.17) is 0 Å². The highest BCUT2D eigenvalue weighted by molar-refractivity contribution is 4.86. The molecule has 0 saturated carbocycles. The van der Waals surface area contributed by atoms with Crippen molar-refractivity contribution in [3.8, 4) is 0 Å². The zero-order chi connectivity index (χ0) is 8.04. The molecule has 0 spiro atoms. The van der Waals surface area contributed by atoms with E-state index in [1.54, 1.807) is 0 Å². The summed E-state index contributed by atoms with van der Waals surface area (Å²) < 4.78 is 0. The van der Waals surface area contributed by atoms with E-state index < -0.39 is 0 Å². The first-order valence-electron chi connectivity index (χ1n) is 4.52. The minimum atomic E-state index is 0.486. The Kier molecular flexibility index (Phi) is 4.71. The molecule has 62 valence electrons. The van der Waals surface area contributed by atoms with E-state index in [1.807, 2.05) is 13.8 Å². The molecule has 0 aromatic heterocycles. The predicted molar refractivity (Wildman–Crippen MR) is 47.3 cm³/mol. The molecule has 1 saturated heterocycles. The Bertz CT molecular complexity index is 72.8. The lowest BCUT2D eigenvalue weighted by Crippen LogP contribution is -2.34. The summed E-state index contributed by atoms with van der Waals surface area (Å²) in [6, 6.07) is 0. The van der Waals surface area contributed by atoms with Gasteiger partial charge in [0, 0.05) is 5.54 Å². The summed E-state index contributed by atoms with van der Waals surface area (Å²) >= 11 is 0. The van der Waals surface area contributed by atoms with E-state index in [-0.39, 0.29) is 0 Å². The van der Waals surface area contributed by atoms with Gasteiger partial charge < -0.3 is 5.32 Å². The molecule has 0 aromatic rings. The van der Waals surface area contributed by atoms with Crippen LogP contribution in [0.4, 0.5) is 0 Å². The first kappa shape index (κ1) is 9.96. The summed E-state index contributed by atoms with van der Waals surface area (Å²) in [5, 5.41) is 3.48. The summed E-state index contributed by atoms with van der Waals surface area (Å²) in [4.78, 5) is 0. The van der Waals surface area contributed by atoms with Crippen LogP contribution < -0.4 is 5.32 Å². The number of hydrogen-bond donors (Lipinski definition) is 1. The first-order chi connectivity index (χ1) is 4.77. The maximum absolute atomic E-state index is 3.48. The number of hydrogen-bond acceptors (Lipinski definition) is 1. The van der Waals surface area contributed by atoms with E-state index in [9.17, 15) is 0 Å². The molecule has 1 atom stereocenters. The standard InChI is InChI=1S/C7H15N.C2H6/c1-3-7(2)5-4-6-8-7;1-2/h8H,3-6H2,1-2H3;1-2H3. The Balaban J connectivity index is 0.000000371. The number of nitrogens with one attached hydrogen (secondary N) is 1. The third kappa shape index (κ3) is 2.70. The van der Waals surface area contributed by atoms with Crippen molar-refractivity contribution in [1.82, 2.24) is 5.32 Å². The molecular weight excluding hydrogens is 122 g/mol. The topological polar surface area (TPSA) is 12.0 Å². The Labute approximate surface area is 65.2 Å². The van der Waals surface area contributed by atoms with Crippen molar-refractivity contribution in [2.45, 2.75) is 52.5 Å². The van der Waals surface area contributed by atoms with Crippen LogP contribution in [0.25, 0.3) is 0 Å². The smallest absolute Gasteiger partial charge is 0.0151 e. The Morgan fingerprint density at radius 3 is 2.20 bits per heavy atom. The van der Waals surface area contributed by atoms with E-state index in [1.165, 1.54) is 25.8 Å².